The monoisotopic (exact) mass is 446 g/mol. The number of ether oxygens (including phenoxy) is 1. The van der Waals surface area contributed by atoms with Crippen molar-refractivity contribution in [2.75, 3.05) is 26.2 Å². The van der Waals surface area contributed by atoms with E-state index in [1.165, 1.54) is 11.6 Å². The summed E-state index contributed by atoms with van der Waals surface area (Å²) in [6.07, 6.45) is 5.08. The number of aryl methyl sites for hydroxylation is 1. The van der Waals surface area contributed by atoms with Crippen LogP contribution in [0.2, 0.25) is 5.02 Å². The first-order valence-corrected chi connectivity index (χ1v) is 11.1. The molecule has 0 radical (unpaired) electrons. The molecule has 8 heteroatoms. The van der Waals surface area contributed by atoms with Gasteiger partial charge in [0.15, 0.2) is 5.84 Å². The number of carbonyl (C=O) groups excluding carboxylic acids is 1. The van der Waals surface area contributed by atoms with Crippen LogP contribution in [-0.2, 0) is 11.2 Å². The van der Waals surface area contributed by atoms with Gasteiger partial charge in [-0.15, -0.1) is 0 Å². The summed E-state index contributed by atoms with van der Waals surface area (Å²) in [6, 6.07) is 3.10. The molecule has 0 unspecified atom stereocenters. The zero-order valence-corrected chi connectivity index (χ0v) is 19.0. The number of piperazine rings is 1. The van der Waals surface area contributed by atoms with Crippen molar-refractivity contribution < 1.29 is 13.9 Å². The molecule has 4 rings (SSSR count). The van der Waals surface area contributed by atoms with Crippen molar-refractivity contribution in [3.05, 3.63) is 39.8 Å². The Balaban J connectivity index is 1.62. The Hall–Kier alpha value is -2.41. The fourth-order valence-corrected chi connectivity index (χ4v) is 4.23. The number of aliphatic imine (C=N–C) groups is 2. The smallest absolute Gasteiger partial charge is 0.410 e. The van der Waals surface area contributed by atoms with Gasteiger partial charge in [-0.2, -0.15) is 0 Å². The van der Waals surface area contributed by atoms with Gasteiger partial charge in [-0.1, -0.05) is 11.6 Å². The van der Waals surface area contributed by atoms with Crippen LogP contribution in [0, 0.1) is 5.82 Å². The molecule has 0 aromatic heterocycles. The van der Waals surface area contributed by atoms with E-state index >= 15 is 0 Å². The lowest BCUT2D eigenvalue weighted by Gasteiger charge is -2.38. The quantitative estimate of drug-likeness (QED) is 0.555. The van der Waals surface area contributed by atoms with Gasteiger partial charge in [0, 0.05) is 38.5 Å². The highest BCUT2D eigenvalue weighted by Gasteiger charge is 2.30. The SMILES string of the molecule is CC(C)(C)OC(=O)N1CCN(C2=Nc3cc(F)c(Cl)cc3CCC3=C2N=CCC3)CC1. The summed E-state index contributed by atoms with van der Waals surface area (Å²) in [5.41, 5.74) is 3.17. The summed E-state index contributed by atoms with van der Waals surface area (Å²) >= 11 is 6.03. The number of benzene rings is 1. The average Bonchev–Trinajstić information content (AvgIpc) is 2.71. The Labute approximate surface area is 187 Å². The molecule has 1 aromatic rings. The topological polar surface area (TPSA) is 57.5 Å². The van der Waals surface area contributed by atoms with Crippen molar-refractivity contribution in [3.8, 4) is 0 Å². The molecular formula is C23H28ClFN4O2. The van der Waals surface area contributed by atoms with Crippen LogP contribution < -0.4 is 0 Å². The number of nitrogens with zero attached hydrogens (tertiary/aromatic N) is 4. The maximum absolute atomic E-state index is 14.2. The maximum Gasteiger partial charge on any atom is 0.410 e. The fourth-order valence-electron chi connectivity index (χ4n) is 4.05. The summed E-state index contributed by atoms with van der Waals surface area (Å²) in [6.45, 7) is 7.86. The molecule has 1 saturated heterocycles. The van der Waals surface area contributed by atoms with Crippen LogP contribution in [0.1, 0.15) is 45.6 Å². The minimum Gasteiger partial charge on any atom is -0.444 e. The van der Waals surface area contributed by atoms with Crippen LogP contribution in [0.5, 0.6) is 0 Å². The number of carbonyl (C=O) groups is 1. The van der Waals surface area contributed by atoms with Gasteiger partial charge in [-0.3, -0.25) is 4.99 Å². The van der Waals surface area contributed by atoms with Gasteiger partial charge in [-0.05, 0) is 63.7 Å². The van der Waals surface area contributed by atoms with Crippen molar-refractivity contribution in [2.45, 2.75) is 52.1 Å². The van der Waals surface area contributed by atoms with E-state index in [0.717, 1.165) is 42.8 Å². The average molecular weight is 447 g/mol. The van der Waals surface area contributed by atoms with Gasteiger partial charge in [0.1, 0.15) is 17.1 Å². The number of hydrogen-bond acceptors (Lipinski definition) is 5. The van der Waals surface area contributed by atoms with Crippen LogP contribution in [0.15, 0.2) is 33.4 Å². The van der Waals surface area contributed by atoms with E-state index in [-0.39, 0.29) is 11.1 Å². The first-order valence-electron chi connectivity index (χ1n) is 10.8. The number of rotatable bonds is 0. The summed E-state index contributed by atoms with van der Waals surface area (Å²) in [7, 11) is 0. The molecule has 0 atom stereocenters. The van der Waals surface area contributed by atoms with E-state index in [2.05, 4.69) is 9.89 Å². The summed E-state index contributed by atoms with van der Waals surface area (Å²) in [5, 5.41) is 0.123. The Kier molecular flexibility index (Phi) is 6.06. The van der Waals surface area contributed by atoms with Gasteiger partial charge in [-0.25, -0.2) is 14.2 Å². The highest BCUT2D eigenvalue weighted by Crippen LogP contribution is 2.34. The zero-order valence-electron chi connectivity index (χ0n) is 18.3. The Bertz CT molecular complexity index is 973. The van der Waals surface area contributed by atoms with E-state index < -0.39 is 11.4 Å². The van der Waals surface area contributed by atoms with Gasteiger partial charge in [0.25, 0.3) is 0 Å². The molecule has 0 aliphatic carbocycles. The molecule has 166 valence electrons. The molecule has 0 bridgehead atoms. The molecule has 0 N–H and O–H groups in total. The summed E-state index contributed by atoms with van der Waals surface area (Å²) in [4.78, 5) is 25.8. The lowest BCUT2D eigenvalue weighted by molar-refractivity contribution is 0.0187. The van der Waals surface area contributed by atoms with E-state index in [4.69, 9.17) is 21.3 Å². The molecular weight excluding hydrogens is 419 g/mol. The molecule has 3 aliphatic heterocycles. The van der Waals surface area contributed by atoms with Gasteiger partial charge >= 0.3 is 6.09 Å². The third-order valence-electron chi connectivity index (χ3n) is 5.62. The predicted molar refractivity (Wildman–Crippen MR) is 121 cm³/mol. The molecule has 6 nitrogen and oxygen atoms in total. The highest BCUT2D eigenvalue weighted by atomic mass is 35.5. The molecule has 31 heavy (non-hydrogen) atoms. The molecule has 3 heterocycles. The number of fused-ring (bicyclic) bond motifs is 1. The second kappa shape index (κ2) is 8.61. The fraction of sp³-hybridized carbons (Fsp3) is 0.522. The first kappa shape index (κ1) is 21.8. The van der Waals surface area contributed by atoms with Gasteiger partial charge in [0.05, 0.1) is 10.7 Å². The molecule has 3 aliphatic rings. The number of allylic oxidation sites excluding steroid dienone is 1. The number of amides is 1. The van der Waals surface area contributed by atoms with E-state index in [0.29, 0.717) is 31.9 Å². The molecule has 0 saturated carbocycles. The van der Waals surface area contributed by atoms with Crippen LogP contribution in [-0.4, -0.2) is 59.7 Å². The second-order valence-electron chi connectivity index (χ2n) is 9.09. The van der Waals surface area contributed by atoms with Gasteiger partial charge < -0.3 is 14.5 Å². The minimum atomic E-state index is -0.524. The van der Waals surface area contributed by atoms with Crippen molar-refractivity contribution in [2.24, 2.45) is 9.98 Å². The van der Waals surface area contributed by atoms with Gasteiger partial charge in [0.2, 0.25) is 0 Å². The molecule has 1 amide bonds. The Morgan fingerprint density at radius 1 is 1.13 bits per heavy atom. The van der Waals surface area contributed by atoms with Crippen LogP contribution >= 0.6 is 11.6 Å². The molecule has 1 aromatic carbocycles. The summed E-state index contributed by atoms with van der Waals surface area (Å²) < 4.78 is 19.7. The lowest BCUT2D eigenvalue weighted by Crippen LogP contribution is -2.52. The Morgan fingerprint density at radius 3 is 2.58 bits per heavy atom. The number of halogens is 2. The predicted octanol–water partition coefficient (Wildman–Crippen LogP) is 5.13. The van der Waals surface area contributed by atoms with Crippen molar-refractivity contribution in [3.63, 3.8) is 0 Å². The van der Waals surface area contributed by atoms with E-state index in [9.17, 15) is 9.18 Å². The summed E-state index contributed by atoms with van der Waals surface area (Å²) in [5.74, 6) is 0.276. The number of amidine groups is 1. The standard InChI is InChI=1S/C23H28ClFN4O2/c1-23(2,3)31-22(30)29-11-9-28(10-12-29)21-20-15(5-4-8-26-20)6-7-16-13-17(24)18(25)14-19(16)27-21/h8,13-14H,4-7,9-12H2,1-3H3. The third kappa shape index (κ3) is 4.92. The van der Waals surface area contributed by atoms with Crippen molar-refractivity contribution >= 4 is 35.4 Å². The largest absolute Gasteiger partial charge is 0.444 e. The van der Waals surface area contributed by atoms with E-state index in [1.807, 2.05) is 27.0 Å². The molecule has 0 spiro atoms. The number of hydrogen-bond donors (Lipinski definition) is 0. The molecule has 1 fully saturated rings. The zero-order chi connectivity index (χ0) is 22.2. The van der Waals surface area contributed by atoms with Crippen LogP contribution in [0.4, 0.5) is 14.9 Å². The van der Waals surface area contributed by atoms with Crippen molar-refractivity contribution in [1.82, 2.24) is 9.80 Å². The van der Waals surface area contributed by atoms with Crippen LogP contribution in [0.25, 0.3) is 0 Å². The highest BCUT2D eigenvalue weighted by molar-refractivity contribution is 6.30. The third-order valence-corrected chi connectivity index (χ3v) is 5.91. The van der Waals surface area contributed by atoms with Crippen LogP contribution in [0.3, 0.4) is 0 Å². The normalized spacial score (nSPS) is 19.3. The Morgan fingerprint density at radius 2 is 1.87 bits per heavy atom. The lowest BCUT2D eigenvalue weighted by atomic mass is 9.95. The maximum atomic E-state index is 14.2. The first-order chi connectivity index (χ1) is 14.7. The second-order valence-corrected chi connectivity index (χ2v) is 9.49. The van der Waals surface area contributed by atoms with E-state index in [1.54, 1.807) is 11.0 Å². The van der Waals surface area contributed by atoms with Crippen molar-refractivity contribution in [1.29, 1.82) is 0 Å². The minimum absolute atomic E-state index is 0.123.